The van der Waals surface area contributed by atoms with Crippen LogP contribution in [0.4, 0.5) is 0 Å². The summed E-state index contributed by atoms with van der Waals surface area (Å²) in [7, 11) is 3.21. The summed E-state index contributed by atoms with van der Waals surface area (Å²) in [5, 5.41) is 4.03. The smallest absolute Gasteiger partial charge is 0.184 e. The molecule has 2 aromatic rings. The lowest BCUT2D eigenvalue weighted by molar-refractivity contribution is -0.298. The standard InChI is InChI=1S/C21H23N3O5S/c1-25-14-10-8-13(9-11-14)20-27-12-16-18(29-20)17(23-24-22)19(26-2)21(28-16)30-15-6-4-3-5-7-15/h3-11,16-21H,12H2,1-2H3. The quantitative estimate of drug-likeness (QED) is 0.386. The molecule has 0 N–H and O–H groups in total. The third-order valence-corrected chi connectivity index (χ3v) is 6.31. The zero-order valence-corrected chi connectivity index (χ0v) is 17.5. The van der Waals surface area contributed by atoms with E-state index < -0.39 is 24.5 Å². The van der Waals surface area contributed by atoms with Gasteiger partial charge in [-0.25, -0.2) is 0 Å². The number of thioether (sulfide) groups is 1. The lowest BCUT2D eigenvalue weighted by Gasteiger charge is -2.47. The third-order valence-electron chi connectivity index (χ3n) is 5.15. The lowest BCUT2D eigenvalue weighted by atomic mass is 9.96. The summed E-state index contributed by atoms with van der Waals surface area (Å²) in [5.41, 5.74) is 9.68. The van der Waals surface area contributed by atoms with Crippen LogP contribution >= 0.6 is 11.8 Å². The number of rotatable bonds is 6. The van der Waals surface area contributed by atoms with Crippen LogP contribution in [0.1, 0.15) is 11.9 Å². The van der Waals surface area contributed by atoms with E-state index in [2.05, 4.69) is 10.0 Å². The van der Waals surface area contributed by atoms with E-state index in [1.807, 2.05) is 54.6 Å². The van der Waals surface area contributed by atoms with E-state index in [1.165, 1.54) is 11.8 Å². The minimum absolute atomic E-state index is 0.321. The van der Waals surface area contributed by atoms with E-state index in [0.717, 1.165) is 16.2 Å². The number of ether oxygens (including phenoxy) is 5. The molecule has 158 valence electrons. The molecule has 4 rings (SSSR count). The topological polar surface area (TPSA) is 94.9 Å². The van der Waals surface area contributed by atoms with Crippen molar-refractivity contribution in [3.05, 3.63) is 70.6 Å². The van der Waals surface area contributed by atoms with Crippen LogP contribution in [0, 0.1) is 0 Å². The lowest BCUT2D eigenvalue weighted by Crippen LogP contribution is -2.60. The first-order chi connectivity index (χ1) is 14.7. The molecule has 0 amide bonds. The monoisotopic (exact) mass is 429 g/mol. The van der Waals surface area contributed by atoms with E-state index in [9.17, 15) is 5.53 Å². The first-order valence-corrected chi connectivity index (χ1v) is 10.5. The van der Waals surface area contributed by atoms with Gasteiger partial charge >= 0.3 is 0 Å². The van der Waals surface area contributed by atoms with Gasteiger partial charge in [0.1, 0.15) is 29.5 Å². The van der Waals surface area contributed by atoms with Crippen molar-refractivity contribution in [3.8, 4) is 5.75 Å². The van der Waals surface area contributed by atoms with Crippen molar-refractivity contribution < 1.29 is 23.7 Å². The molecule has 0 bridgehead atoms. The molecule has 9 heteroatoms. The molecular formula is C21H23N3O5S. The number of nitrogens with zero attached hydrogens (tertiary/aromatic N) is 3. The first kappa shape index (κ1) is 21.0. The zero-order valence-electron chi connectivity index (χ0n) is 16.7. The summed E-state index contributed by atoms with van der Waals surface area (Å²) >= 11 is 1.53. The maximum absolute atomic E-state index is 9.19. The fourth-order valence-corrected chi connectivity index (χ4v) is 4.85. The van der Waals surface area contributed by atoms with Crippen LogP contribution in [0.3, 0.4) is 0 Å². The molecule has 2 aliphatic heterocycles. The van der Waals surface area contributed by atoms with Gasteiger partial charge in [-0.2, -0.15) is 0 Å². The van der Waals surface area contributed by atoms with E-state index in [-0.39, 0.29) is 11.5 Å². The molecule has 0 aromatic heterocycles. The maximum Gasteiger partial charge on any atom is 0.184 e. The predicted octanol–water partition coefficient (Wildman–Crippen LogP) is 4.32. The SMILES string of the molecule is COc1ccc(C2OCC3OC(Sc4ccccc4)C(OC)C(N=[N+]=[N-])C3O2)cc1. The summed E-state index contributed by atoms with van der Waals surface area (Å²) in [6.45, 7) is 0.321. The molecule has 2 saturated heterocycles. The predicted molar refractivity (Wildman–Crippen MR) is 111 cm³/mol. The second kappa shape index (κ2) is 9.70. The maximum atomic E-state index is 9.19. The summed E-state index contributed by atoms with van der Waals surface area (Å²) < 4.78 is 29.3. The Labute approximate surface area is 179 Å². The van der Waals surface area contributed by atoms with Crippen molar-refractivity contribution in [3.63, 3.8) is 0 Å². The minimum atomic E-state index is -0.590. The highest BCUT2D eigenvalue weighted by Crippen LogP contribution is 2.41. The van der Waals surface area contributed by atoms with Gasteiger partial charge in [0.2, 0.25) is 0 Å². The van der Waals surface area contributed by atoms with Crippen LogP contribution < -0.4 is 4.74 Å². The Morgan fingerprint density at radius 2 is 1.83 bits per heavy atom. The normalized spacial score (nSPS) is 30.7. The van der Waals surface area contributed by atoms with Crippen LogP contribution in [0.5, 0.6) is 5.75 Å². The Balaban J connectivity index is 1.55. The van der Waals surface area contributed by atoms with Crippen molar-refractivity contribution in [1.82, 2.24) is 0 Å². The first-order valence-electron chi connectivity index (χ1n) is 9.58. The molecule has 2 heterocycles. The van der Waals surface area contributed by atoms with Gasteiger partial charge in [-0.05, 0) is 29.8 Å². The molecule has 6 unspecified atom stereocenters. The minimum Gasteiger partial charge on any atom is -0.497 e. The number of hydrogen-bond acceptors (Lipinski definition) is 7. The fraction of sp³-hybridized carbons (Fsp3) is 0.429. The van der Waals surface area contributed by atoms with Gasteiger partial charge < -0.3 is 23.7 Å². The van der Waals surface area contributed by atoms with E-state index in [4.69, 9.17) is 23.7 Å². The number of hydrogen-bond donors (Lipinski definition) is 0. The summed E-state index contributed by atoms with van der Waals surface area (Å²) in [4.78, 5) is 4.09. The van der Waals surface area contributed by atoms with Crippen LogP contribution in [-0.2, 0) is 18.9 Å². The molecule has 2 fully saturated rings. The van der Waals surface area contributed by atoms with Gasteiger partial charge in [-0.3, -0.25) is 0 Å². The average Bonchev–Trinajstić information content (AvgIpc) is 2.80. The van der Waals surface area contributed by atoms with E-state index in [0.29, 0.717) is 6.61 Å². The van der Waals surface area contributed by atoms with Gasteiger partial charge in [-0.15, -0.1) is 0 Å². The summed E-state index contributed by atoms with van der Waals surface area (Å²) in [6, 6.07) is 16.8. The Kier molecular flexibility index (Phi) is 6.79. The highest BCUT2D eigenvalue weighted by atomic mass is 32.2. The average molecular weight is 429 g/mol. The van der Waals surface area contributed by atoms with Crippen LogP contribution in [0.15, 0.2) is 64.6 Å². The number of fused-ring (bicyclic) bond motifs is 1. The summed E-state index contributed by atoms with van der Waals surface area (Å²) in [6.07, 6.45) is -1.92. The van der Waals surface area contributed by atoms with Crippen LogP contribution in [0.2, 0.25) is 0 Å². The Morgan fingerprint density at radius 3 is 2.50 bits per heavy atom. The fourth-order valence-electron chi connectivity index (χ4n) is 3.67. The highest BCUT2D eigenvalue weighted by Gasteiger charge is 2.50. The largest absolute Gasteiger partial charge is 0.497 e. The van der Waals surface area contributed by atoms with Gasteiger partial charge in [-0.1, -0.05) is 47.2 Å². The number of azide groups is 1. The van der Waals surface area contributed by atoms with Crippen molar-refractivity contribution >= 4 is 11.8 Å². The Hall–Kier alpha value is -2.26. The van der Waals surface area contributed by atoms with Gasteiger partial charge in [0.25, 0.3) is 0 Å². The van der Waals surface area contributed by atoms with Gasteiger partial charge in [0.15, 0.2) is 6.29 Å². The van der Waals surface area contributed by atoms with Crippen LogP contribution in [0.25, 0.3) is 10.4 Å². The molecule has 0 aliphatic carbocycles. The Morgan fingerprint density at radius 1 is 1.07 bits per heavy atom. The Bertz CT molecular complexity index is 878. The third kappa shape index (κ3) is 4.41. The molecular weight excluding hydrogens is 406 g/mol. The molecule has 8 nitrogen and oxygen atoms in total. The second-order valence-electron chi connectivity index (χ2n) is 6.91. The molecule has 6 atom stereocenters. The van der Waals surface area contributed by atoms with Gasteiger partial charge in [0, 0.05) is 22.5 Å². The molecule has 0 saturated carbocycles. The number of methoxy groups -OCH3 is 2. The van der Waals surface area contributed by atoms with Crippen molar-refractivity contribution in [2.75, 3.05) is 20.8 Å². The molecule has 0 radical (unpaired) electrons. The molecule has 2 aliphatic rings. The van der Waals surface area contributed by atoms with E-state index >= 15 is 0 Å². The van der Waals surface area contributed by atoms with Crippen molar-refractivity contribution in [2.45, 2.75) is 41.0 Å². The van der Waals surface area contributed by atoms with E-state index in [1.54, 1.807) is 14.2 Å². The second-order valence-corrected chi connectivity index (χ2v) is 8.08. The molecule has 30 heavy (non-hydrogen) atoms. The summed E-state index contributed by atoms with van der Waals surface area (Å²) in [5.74, 6) is 0.751. The zero-order chi connectivity index (χ0) is 20.9. The molecule has 0 spiro atoms. The molecule has 2 aromatic carbocycles. The van der Waals surface area contributed by atoms with Crippen molar-refractivity contribution in [1.29, 1.82) is 0 Å². The van der Waals surface area contributed by atoms with Gasteiger partial charge in [0.05, 0.1) is 19.8 Å². The van der Waals surface area contributed by atoms with Crippen LogP contribution in [-0.4, -0.2) is 50.6 Å². The number of benzene rings is 2. The highest BCUT2D eigenvalue weighted by molar-refractivity contribution is 7.99. The van der Waals surface area contributed by atoms with Crippen molar-refractivity contribution in [2.24, 2.45) is 5.11 Å².